The minimum Gasteiger partial charge on any atom is -0.369 e. The molecule has 3 heteroatoms. The molecule has 0 radical (unpaired) electrons. The van der Waals surface area contributed by atoms with Gasteiger partial charge in [0.2, 0.25) is 0 Å². The monoisotopic (exact) mass is 405 g/mol. The molecule has 1 saturated heterocycles. The standard InChI is InChI=1S/C26H31NOS/c1-17-4-7-20(8-5-17)26-11-10-24(29-26)15-22-14-21(9-6-19(22)3)25-13-18(2)12-23(16-27)28-25/h4-11,14,18,23,25H,12-13,15-16,27H2,1-3H3/t18?,23-,25+/m0/s1. The number of benzene rings is 2. The van der Waals surface area contributed by atoms with Crippen LogP contribution in [0.3, 0.4) is 0 Å². The van der Waals surface area contributed by atoms with Crippen molar-refractivity contribution in [2.75, 3.05) is 6.54 Å². The van der Waals surface area contributed by atoms with Crippen LogP contribution in [0.5, 0.6) is 0 Å². The van der Waals surface area contributed by atoms with Crippen LogP contribution in [0.4, 0.5) is 0 Å². The molecule has 29 heavy (non-hydrogen) atoms. The Balaban J connectivity index is 1.53. The highest BCUT2D eigenvalue weighted by atomic mass is 32.1. The summed E-state index contributed by atoms with van der Waals surface area (Å²) in [6.07, 6.45) is 3.47. The highest BCUT2D eigenvalue weighted by molar-refractivity contribution is 7.15. The van der Waals surface area contributed by atoms with Gasteiger partial charge in [0.25, 0.3) is 0 Å². The van der Waals surface area contributed by atoms with E-state index in [1.54, 1.807) is 0 Å². The van der Waals surface area contributed by atoms with Crippen LogP contribution in [0.25, 0.3) is 10.4 Å². The Bertz CT molecular complexity index is 959. The molecule has 3 aromatic rings. The van der Waals surface area contributed by atoms with Gasteiger partial charge in [-0.05, 0) is 67.0 Å². The van der Waals surface area contributed by atoms with Crippen molar-refractivity contribution in [3.8, 4) is 10.4 Å². The van der Waals surface area contributed by atoms with E-state index >= 15 is 0 Å². The van der Waals surface area contributed by atoms with Crippen LogP contribution in [0.1, 0.15) is 53.0 Å². The summed E-state index contributed by atoms with van der Waals surface area (Å²) in [6, 6.07) is 20.2. The largest absolute Gasteiger partial charge is 0.369 e. The molecule has 0 saturated carbocycles. The molecule has 0 spiro atoms. The molecule has 0 amide bonds. The second-order valence-corrected chi connectivity index (χ2v) is 9.72. The minimum atomic E-state index is 0.165. The maximum absolute atomic E-state index is 6.29. The van der Waals surface area contributed by atoms with Crippen molar-refractivity contribution in [2.24, 2.45) is 11.7 Å². The lowest BCUT2D eigenvalue weighted by molar-refractivity contribution is -0.0649. The van der Waals surface area contributed by atoms with Crippen LogP contribution in [-0.2, 0) is 11.2 Å². The number of thiophene rings is 1. The Labute approximate surface area is 178 Å². The zero-order valence-corrected chi connectivity index (χ0v) is 18.5. The summed E-state index contributed by atoms with van der Waals surface area (Å²) in [5.41, 5.74) is 12.5. The van der Waals surface area contributed by atoms with Gasteiger partial charge in [-0.1, -0.05) is 55.0 Å². The molecule has 1 fully saturated rings. The Hall–Kier alpha value is -1.94. The molecule has 2 aromatic carbocycles. The van der Waals surface area contributed by atoms with Crippen LogP contribution in [0.2, 0.25) is 0 Å². The molecular weight excluding hydrogens is 374 g/mol. The zero-order chi connectivity index (χ0) is 20.4. The Morgan fingerprint density at radius 1 is 1.00 bits per heavy atom. The number of nitrogens with two attached hydrogens (primary N) is 1. The smallest absolute Gasteiger partial charge is 0.0832 e. The van der Waals surface area contributed by atoms with E-state index in [1.807, 2.05) is 11.3 Å². The van der Waals surface area contributed by atoms with Gasteiger partial charge < -0.3 is 10.5 Å². The van der Waals surface area contributed by atoms with Crippen LogP contribution in [0.15, 0.2) is 54.6 Å². The molecular formula is C26H31NOS. The first-order chi connectivity index (χ1) is 14.0. The second kappa shape index (κ2) is 8.83. The van der Waals surface area contributed by atoms with E-state index in [0.29, 0.717) is 12.5 Å². The number of hydrogen-bond acceptors (Lipinski definition) is 3. The molecule has 2 nitrogen and oxygen atoms in total. The number of hydrogen-bond donors (Lipinski definition) is 1. The number of ether oxygens (including phenoxy) is 1. The van der Waals surface area contributed by atoms with Gasteiger partial charge in [0.05, 0.1) is 12.2 Å². The Kier molecular flexibility index (Phi) is 6.19. The normalized spacial score (nSPS) is 22.0. The van der Waals surface area contributed by atoms with E-state index in [2.05, 4.69) is 75.4 Å². The number of rotatable bonds is 5. The fourth-order valence-corrected chi connectivity index (χ4v) is 5.27. The first-order valence-electron chi connectivity index (χ1n) is 10.6. The van der Waals surface area contributed by atoms with Gasteiger partial charge >= 0.3 is 0 Å². The molecule has 1 aliphatic rings. The second-order valence-electron chi connectivity index (χ2n) is 8.55. The predicted molar refractivity (Wildman–Crippen MR) is 124 cm³/mol. The van der Waals surface area contributed by atoms with Crippen molar-refractivity contribution >= 4 is 11.3 Å². The Morgan fingerprint density at radius 2 is 1.79 bits per heavy atom. The fraction of sp³-hybridized carbons (Fsp3) is 0.385. The van der Waals surface area contributed by atoms with E-state index in [-0.39, 0.29) is 12.2 Å². The minimum absolute atomic E-state index is 0.165. The van der Waals surface area contributed by atoms with E-state index in [9.17, 15) is 0 Å². The fourth-order valence-electron chi connectivity index (χ4n) is 4.24. The molecule has 0 bridgehead atoms. The van der Waals surface area contributed by atoms with Gasteiger partial charge in [-0.2, -0.15) is 0 Å². The summed E-state index contributed by atoms with van der Waals surface area (Å²) in [4.78, 5) is 2.74. The van der Waals surface area contributed by atoms with Crippen LogP contribution < -0.4 is 5.73 Å². The molecule has 152 valence electrons. The van der Waals surface area contributed by atoms with Crippen molar-refractivity contribution in [1.82, 2.24) is 0 Å². The lowest BCUT2D eigenvalue weighted by Crippen LogP contribution is -2.32. The van der Waals surface area contributed by atoms with Crippen molar-refractivity contribution in [3.05, 3.63) is 81.7 Å². The summed E-state index contributed by atoms with van der Waals surface area (Å²) in [6.45, 7) is 7.26. The maximum Gasteiger partial charge on any atom is 0.0832 e. The molecule has 0 aliphatic carbocycles. The quantitative estimate of drug-likeness (QED) is 0.530. The van der Waals surface area contributed by atoms with Gasteiger partial charge in [0, 0.05) is 22.7 Å². The topological polar surface area (TPSA) is 35.2 Å². The molecule has 1 aromatic heterocycles. The van der Waals surface area contributed by atoms with Crippen molar-refractivity contribution in [3.63, 3.8) is 0 Å². The molecule has 2 heterocycles. The number of aryl methyl sites for hydroxylation is 2. The van der Waals surface area contributed by atoms with E-state index < -0.39 is 0 Å². The average Bonchev–Trinajstić information content (AvgIpc) is 3.18. The van der Waals surface area contributed by atoms with E-state index in [1.165, 1.54) is 37.6 Å². The first kappa shape index (κ1) is 20.3. The predicted octanol–water partition coefficient (Wildman–Crippen LogP) is 6.44. The molecule has 1 unspecified atom stereocenters. The van der Waals surface area contributed by atoms with Crippen molar-refractivity contribution < 1.29 is 4.74 Å². The summed E-state index contributed by atoms with van der Waals surface area (Å²) < 4.78 is 6.29. The summed E-state index contributed by atoms with van der Waals surface area (Å²) >= 11 is 1.89. The first-order valence-corrected chi connectivity index (χ1v) is 11.4. The molecule has 3 atom stereocenters. The summed E-state index contributed by atoms with van der Waals surface area (Å²) in [5, 5.41) is 0. The maximum atomic E-state index is 6.29. The molecule has 2 N–H and O–H groups in total. The third kappa shape index (κ3) is 4.80. The lowest BCUT2D eigenvalue weighted by atomic mass is 9.88. The van der Waals surface area contributed by atoms with Crippen LogP contribution >= 0.6 is 11.3 Å². The zero-order valence-electron chi connectivity index (χ0n) is 17.7. The third-order valence-corrected chi connectivity index (χ3v) is 7.14. The molecule has 1 aliphatic heterocycles. The van der Waals surface area contributed by atoms with Crippen LogP contribution in [0, 0.1) is 19.8 Å². The average molecular weight is 406 g/mol. The highest BCUT2D eigenvalue weighted by Gasteiger charge is 2.27. The van der Waals surface area contributed by atoms with Gasteiger partial charge in [-0.25, -0.2) is 0 Å². The molecule has 4 rings (SSSR count). The van der Waals surface area contributed by atoms with Gasteiger partial charge in [-0.3, -0.25) is 0 Å². The van der Waals surface area contributed by atoms with Crippen LogP contribution in [-0.4, -0.2) is 12.6 Å². The Morgan fingerprint density at radius 3 is 2.55 bits per heavy atom. The van der Waals surface area contributed by atoms with Gasteiger partial charge in [0.1, 0.15) is 0 Å². The van der Waals surface area contributed by atoms with Gasteiger partial charge in [0.15, 0.2) is 0 Å². The summed E-state index contributed by atoms with van der Waals surface area (Å²) in [5.74, 6) is 0.654. The SMILES string of the molecule is Cc1ccc(-c2ccc(Cc3cc([C@H]4CC(C)C[C@@H](CN)O4)ccc3C)s2)cc1. The van der Waals surface area contributed by atoms with Crippen molar-refractivity contribution in [2.45, 2.75) is 52.2 Å². The third-order valence-electron chi connectivity index (χ3n) is 6.01. The van der Waals surface area contributed by atoms with E-state index in [0.717, 1.165) is 19.3 Å². The highest BCUT2D eigenvalue weighted by Crippen LogP contribution is 2.36. The van der Waals surface area contributed by atoms with Gasteiger partial charge in [-0.15, -0.1) is 11.3 Å². The summed E-state index contributed by atoms with van der Waals surface area (Å²) in [7, 11) is 0. The van der Waals surface area contributed by atoms with E-state index in [4.69, 9.17) is 10.5 Å². The van der Waals surface area contributed by atoms with Crippen molar-refractivity contribution in [1.29, 1.82) is 0 Å². The lowest BCUT2D eigenvalue weighted by Gasteiger charge is -2.34.